The molecule has 1 aromatic carbocycles. The van der Waals surface area contributed by atoms with Crippen molar-refractivity contribution in [1.82, 2.24) is 0 Å². The molecule has 0 aliphatic heterocycles. The van der Waals surface area contributed by atoms with E-state index in [0.717, 1.165) is 12.1 Å². The Balaban J connectivity index is 3.18. The molecule has 0 bridgehead atoms. The van der Waals surface area contributed by atoms with E-state index in [4.69, 9.17) is 11.6 Å². The third kappa shape index (κ3) is 2.94. The zero-order chi connectivity index (χ0) is 12.6. The van der Waals surface area contributed by atoms with E-state index in [-0.39, 0.29) is 5.02 Å². The third-order valence-electron chi connectivity index (χ3n) is 1.59. The number of hydrogen-bond acceptors (Lipinski definition) is 1. The summed E-state index contributed by atoms with van der Waals surface area (Å²) in [5, 5.41) is 0.0491. The zero-order valence-electron chi connectivity index (χ0n) is 7.40. The van der Waals surface area contributed by atoms with Crippen LogP contribution >= 0.6 is 11.6 Å². The molecule has 0 atom stereocenters. The summed E-state index contributed by atoms with van der Waals surface area (Å²) in [5.41, 5.74) is -1.04. The van der Waals surface area contributed by atoms with Crippen molar-refractivity contribution in [2.75, 3.05) is 4.90 Å². The summed E-state index contributed by atoms with van der Waals surface area (Å²) in [5.74, 6) is 0. The van der Waals surface area contributed by atoms with Gasteiger partial charge in [-0.25, -0.2) is 0 Å². The van der Waals surface area contributed by atoms with Crippen molar-refractivity contribution in [2.45, 2.75) is 12.6 Å². The Hall–Kier alpha value is -1.11. The maximum atomic E-state index is 12.2. The topological polar surface area (TPSA) is 3.24 Å². The standard InChI is InChI=1S/C8H4ClF6N/c9-5-1-3-6(4-2-5)16(7(10,11)12)8(13,14)15/h1-4H. The van der Waals surface area contributed by atoms with Gasteiger partial charge in [0.15, 0.2) is 0 Å². The van der Waals surface area contributed by atoms with Crippen LogP contribution in [0.15, 0.2) is 24.3 Å². The minimum atomic E-state index is -5.54. The molecule has 0 aromatic heterocycles. The molecule has 0 spiro atoms. The Morgan fingerprint density at radius 3 is 1.50 bits per heavy atom. The van der Waals surface area contributed by atoms with E-state index in [1.54, 1.807) is 0 Å². The summed E-state index contributed by atoms with van der Waals surface area (Å²) in [7, 11) is 0. The second kappa shape index (κ2) is 4.04. The zero-order valence-corrected chi connectivity index (χ0v) is 8.16. The predicted octanol–water partition coefficient (Wildman–Crippen LogP) is 4.19. The number of benzene rings is 1. The summed E-state index contributed by atoms with van der Waals surface area (Å²) in [6.45, 7) is 0. The van der Waals surface area contributed by atoms with E-state index in [2.05, 4.69) is 0 Å². The number of anilines is 1. The molecule has 16 heavy (non-hydrogen) atoms. The Kier molecular flexibility index (Phi) is 3.27. The van der Waals surface area contributed by atoms with Gasteiger partial charge in [-0.2, -0.15) is 4.90 Å². The Bertz CT molecular complexity index is 340. The molecule has 0 saturated heterocycles. The van der Waals surface area contributed by atoms with Crippen LogP contribution in [0.1, 0.15) is 0 Å². The number of alkyl halides is 6. The summed E-state index contributed by atoms with van der Waals surface area (Å²) in [4.78, 5) is -1.59. The van der Waals surface area contributed by atoms with E-state index < -0.39 is 23.2 Å². The quantitative estimate of drug-likeness (QED) is 0.542. The van der Waals surface area contributed by atoms with E-state index in [1.807, 2.05) is 0 Å². The minimum Gasteiger partial charge on any atom is -0.194 e. The number of hydrogen-bond donors (Lipinski definition) is 0. The molecule has 8 heteroatoms. The van der Waals surface area contributed by atoms with Gasteiger partial charge in [0.05, 0.1) is 5.69 Å². The van der Waals surface area contributed by atoms with Gasteiger partial charge in [-0.1, -0.05) is 11.6 Å². The van der Waals surface area contributed by atoms with Crippen LogP contribution in [0.25, 0.3) is 0 Å². The van der Waals surface area contributed by atoms with Gasteiger partial charge in [0.2, 0.25) is 0 Å². The van der Waals surface area contributed by atoms with Gasteiger partial charge in [0, 0.05) is 5.02 Å². The first-order chi connectivity index (χ1) is 7.12. The largest absolute Gasteiger partial charge is 0.491 e. The first-order valence-electron chi connectivity index (χ1n) is 3.82. The first-order valence-corrected chi connectivity index (χ1v) is 4.19. The maximum absolute atomic E-state index is 12.2. The van der Waals surface area contributed by atoms with Gasteiger partial charge in [-0.3, -0.25) is 0 Å². The highest BCUT2D eigenvalue weighted by atomic mass is 35.5. The van der Waals surface area contributed by atoms with Crippen molar-refractivity contribution in [3.63, 3.8) is 0 Å². The second-order valence-electron chi connectivity index (χ2n) is 2.75. The summed E-state index contributed by atoms with van der Waals surface area (Å²) < 4.78 is 73.1. The lowest BCUT2D eigenvalue weighted by molar-refractivity contribution is -0.226. The molecule has 0 N–H and O–H groups in total. The highest BCUT2D eigenvalue weighted by molar-refractivity contribution is 6.30. The molecular weight excluding hydrogens is 260 g/mol. The van der Waals surface area contributed by atoms with Crippen molar-refractivity contribution in [3.05, 3.63) is 29.3 Å². The van der Waals surface area contributed by atoms with Crippen molar-refractivity contribution < 1.29 is 26.3 Å². The SMILES string of the molecule is FC(F)(F)N(c1ccc(Cl)cc1)C(F)(F)F. The van der Waals surface area contributed by atoms with E-state index in [1.165, 1.54) is 0 Å². The lowest BCUT2D eigenvalue weighted by Gasteiger charge is -2.28. The average Bonchev–Trinajstić information content (AvgIpc) is 2.03. The van der Waals surface area contributed by atoms with Crippen LogP contribution < -0.4 is 4.90 Å². The van der Waals surface area contributed by atoms with Crippen molar-refractivity contribution in [3.8, 4) is 0 Å². The van der Waals surface area contributed by atoms with Crippen molar-refractivity contribution >= 4 is 17.3 Å². The number of rotatable bonds is 1. The summed E-state index contributed by atoms with van der Waals surface area (Å²) in [6, 6.07) is 3.18. The van der Waals surface area contributed by atoms with E-state index >= 15 is 0 Å². The van der Waals surface area contributed by atoms with Gasteiger partial charge in [0.25, 0.3) is 0 Å². The average molecular weight is 264 g/mol. The van der Waals surface area contributed by atoms with Crippen molar-refractivity contribution in [1.29, 1.82) is 0 Å². The summed E-state index contributed by atoms with van der Waals surface area (Å²) >= 11 is 5.36. The van der Waals surface area contributed by atoms with Gasteiger partial charge < -0.3 is 0 Å². The maximum Gasteiger partial charge on any atom is 0.491 e. The molecule has 0 heterocycles. The fraction of sp³-hybridized carbons (Fsp3) is 0.250. The smallest absolute Gasteiger partial charge is 0.194 e. The molecule has 0 unspecified atom stereocenters. The lowest BCUT2D eigenvalue weighted by Crippen LogP contribution is -2.48. The fourth-order valence-corrected chi connectivity index (χ4v) is 1.15. The normalized spacial score (nSPS) is 12.7. The van der Waals surface area contributed by atoms with Crippen LogP contribution in [0, 0.1) is 0 Å². The Morgan fingerprint density at radius 1 is 0.812 bits per heavy atom. The monoisotopic (exact) mass is 263 g/mol. The van der Waals surface area contributed by atoms with Gasteiger partial charge >= 0.3 is 12.6 Å². The fourth-order valence-electron chi connectivity index (χ4n) is 1.03. The van der Waals surface area contributed by atoms with Crippen LogP contribution in [0.2, 0.25) is 5.02 Å². The molecule has 1 nitrogen and oxygen atoms in total. The van der Waals surface area contributed by atoms with E-state index in [9.17, 15) is 26.3 Å². The van der Waals surface area contributed by atoms with Crippen molar-refractivity contribution in [2.24, 2.45) is 0 Å². The summed E-state index contributed by atoms with van der Waals surface area (Å²) in [6.07, 6.45) is -11.1. The van der Waals surface area contributed by atoms with Crippen LogP contribution in [0.3, 0.4) is 0 Å². The highest BCUT2D eigenvalue weighted by Crippen LogP contribution is 2.38. The van der Waals surface area contributed by atoms with Crippen LogP contribution in [0.4, 0.5) is 32.0 Å². The molecule has 0 aliphatic rings. The first kappa shape index (κ1) is 13.0. The second-order valence-corrected chi connectivity index (χ2v) is 3.18. The molecule has 90 valence electrons. The third-order valence-corrected chi connectivity index (χ3v) is 1.84. The molecular formula is C8H4ClF6N. The number of nitrogens with zero attached hydrogens (tertiary/aromatic N) is 1. The predicted molar refractivity (Wildman–Crippen MR) is 46.0 cm³/mol. The molecule has 1 rings (SSSR count). The Morgan fingerprint density at radius 2 is 1.19 bits per heavy atom. The molecule has 0 amide bonds. The van der Waals surface area contributed by atoms with Gasteiger partial charge in [-0.15, -0.1) is 26.3 Å². The van der Waals surface area contributed by atoms with Gasteiger partial charge in [-0.05, 0) is 24.3 Å². The van der Waals surface area contributed by atoms with E-state index in [0.29, 0.717) is 12.1 Å². The molecule has 0 aliphatic carbocycles. The van der Waals surface area contributed by atoms with Gasteiger partial charge in [0.1, 0.15) is 0 Å². The molecule has 1 aromatic rings. The molecule has 0 radical (unpaired) electrons. The highest BCUT2D eigenvalue weighted by Gasteiger charge is 2.53. The molecule has 0 saturated carbocycles. The van der Waals surface area contributed by atoms with Crippen LogP contribution in [-0.4, -0.2) is 12.6 Å². The minimum absolute atomic E-state index is 0.0491. The lowest BCUT2D eigenvalue weighted by atomic mass is 10.3. The van der Waals surface area contributed by atoms with Crippen LogP contribution in [0.5, 0.6) is 0 Å². The molecule has 0 fully saturated rings. The number of halogens is 7. The Labute approximate surface area is 91.2 Å². The van der Waals surface area contributed by atoms with Crippen LogP contribution in [-0.2, 0) is 0 Å².